The zero-order valence-corrected chi connectivity index (χ0v) is 16.1. The van der Waals surface area contributed by atoms with Crippen LogP contribution in [0.5, 0.6) is 11.5 Å². The van der Waals surface area contributed by atoms with Crippen LogP contribution in [0.4, 0.5) is 5.82 Å². The Balaban J connectivity index is 1.48. The second-order valence-electron chi connectivity index (χ2n) is 7.24. The summed E-state index contributed by atoms with van der Waals surface area (Å²) < 4.78 is 11.8. The Hall–Kier alpha value is -3.00. The van der Waals surface area contributed by atoms with Crippen LogP contribution in [0.25, 0.3) is 0 Å². The van der Waals surface area contributed by atoms with E-state index in [1.165, 1.54) is 6.20 Å². The van der Waals surface area contributed by atoms with Gasteiger partial charge < -0.3 is 20.5 Å². The smallest absolute Gasteiger partial charge is 0.158 e. The van der Waals surface area contributed by atoms with Crippen molar-refractivity contribution in [2.75, 3.05) is 12.4 Å². The van der Waals surface area contributed by atoms with E-state index in [1.807, 2.05) is 6.07 Å². The summed E-state index contributed by atoms with van der Waals surface area (Å²) in [7, 11) is 1.63. The lowest BCUT2D eigenvalue weighted by Crippen LogP contribution is -2.36. The predicted molar refractivity (Wildman–Crippen MR) is 105 cm³/mol. The average molecular weight is 396 g/mol. The number of nitrogens with one attached hydrogen (secondary N) is 3. The number of hydrazine groups is 1. The average Bonchev–Trinajstić information content (AvgIpc) is 3.37. The first kappa shape index (κ1) is 19.3. The molecule has 10 nitrogen and oxygen atoms in total. The largest absolute Gasteiger partial charge is 0.495 e. The Labute approximate surface area is 168 Å². The molecule has 5 N–H and O–H groups in total. The maximum atomic E-state index is 8.83. The van der Waals surface area contributed by atoms with Crippen molar-refractivity contribution in [1.29, 1.82) is 5.26 Å². The molecule has 2 aromatic rings. The normalized spacial score (nSPS) is 26.1. The zero-order valence-electron chi connectivity index (χ0n) is 16.1. The van der Waals surface area contributed by atoms with Crippen molar-refractivity contribution in [2.45, 2.75) is 50.0 Å². The van der Waals surface area contributed by atoms with Crippen LogP contribution in [0, 0.1) is 11.3 Å². The summed E-state index contributed by atoms with van der Waals surface area (Å²) in [6.45, 7) is 0. The summed E-state index contributed by atoms with van der Waals surface area (Å²) in [4.78, 5) is 12.5. The molecule has 1 aliphatic heterocycles. The quantitative estimate of drug-likeness (QED) is 0.558. The van der Waals surface area contributed by atoms with Crippen LogP contribution in [0.1, 0.15) is 43.0 Å². The van der Waals surface area contributed by atoms with E-state index >= 15 is 0 Å². The Kier molecular flexibility index (Phi) is 5.71. The van der Waals surface area contributed by atoms with Crippen LogP contribution >= 0.6 is 0 Å². The fraction of sp³-hybridized carbons (Fsp3) is 0.474. The highest BCUT2D eigenvalue weighted by Gasteiger charge is 2.32. The number of anilines is 1. The minimum atomic E-state index is -0.0899. The lowest BCUT2D eigenvalue weighted by Gasteiger charge is -2.21. The predicted octanol–water partition coefficient (Wildman–Crippen LogP) is 0.988. The van der Waals surface area contributed by atoms with E-state index in [-0.39, 0.29) is 30.0 Å². The molecular weight excluding hydrogens is 372 g/mol. The Bertz CT molecular complexity index is 885. The van der Waals surface area contributed by atoms with Crippen LogP contribution in [0.15, 0.2) is 24.8 Å². The van der Waals surface area contributed by atoms with Gasteiger partial charge in [-0.15, -0.1) is 0 Å². The molecule has 1 saturated heterocycles. The summed E-state index contributed by atoms with van der Waals surface area (Å²) in [5.41, 5.74) is 13.7. The second-order valence-corrected chi connectivity index (χ2v) is 7.24. The van der Waals surface area contributed by atoms with Crippen molar-refractivity contribution in [2.24, 2.45) is 5.73 Å². The van der Waals surface area contributed by atoms with Crippen LogP contribution in [0.3, 0.4) is 0 Å². The molecule has 2 unspecified atom stereocenters. The van der Waals surface area contributed by atoms with Gasteiger partial charge in [-0.3, -0.25) is 4.98 Å². The third kappa shape index (κ3) is 4.37. The van der Waals surface area contributed by atoms with Gasteiger partial charge >= 0.3 is 0 Å². The van der Waals surface area contributed by atoms with Crippen LogP contribution < -0.4 is 31.4 Å². The lowest BCUT2D eigenvalue weighted by atomic mass is 10.0. The third-order valence-electron chi connectivity index (χ3n) is 5.19. The molecule has 0 bridgehead atoms. The first-order valence-corrected chi connectivity index (χ1v) is 9.60. The zero-order chi connectivity index (χ0) is 20.2. The highest BCUT2D eigenvalue weighted by atomic mass is 16.5. The first-order chi connectivity index (χ1) is 14.2. The van der Waals surface area contributed by atoms with Gasteiger partial charge in [0, 0.05) is 12.5 Å². The van der Waals surface area contributed by atoms with Crippen molar-refractivity contribution in [1.82, 2.24) is 25.8 Å². The molecule has 0 spiro atoms. The number of methoxy groups -OCH3 is 1. The van der Waals surface area contributed by atoms with Crippen LogP contribution in [0.2, 0.25) is 0 Å². The fourth-order valence-electron chi connectivity index (χ4n) is 3.77. The molecule has 2 aliphatic rings. The number of ether oxygens (including phenoxy) is 2. The molecular formula is C19H24N8O2. The number of hydrogen-bond acceptors (Lipinski definition) is 10. The van der Waals surface area contributed by atoms with Crippen molar-refractivity contribution in [3.05, 3.63) is 36.0 Å². The van der Waals surface area contributed by atoms with Crippen molar-refractivity contribution in [3.8, 4) is 17.6 Å². The number of nitrogens with two attached hydrogens (primary N) is 1. The third-order valence-corrected chi connectivity index (χ3v) is 5.19. The number of aromatic nitrogens is 3. The summed E-state index contributed by atoms with van der Waals surface area (Å²) >= 11 is 0. The Morgan fingerprint density at radius 3 is 2.69 bits per heavy atom. The minimum absolute atomic E-state index is 0.0538. The Morgan fingerprint density at radius 1 is 1.14 bits per heavy atom. The molecule has 152 valence electrons. The van der Waals surface area contributed by atoms with E-state index in [0.717, 1.165) is 24.8 Å². The van der Waals surface area contributed by atoms with E-state index in [9.17, 15) is 0 Å². The van der Waals surface area contributed by atoms with Crippen LogP contribution in [-0.2, 0) is 0 Å². The molecule has 1 saturated carbocycles. The highest BCUT2D eigenvalue weighted by Crippen LogP contribution is 2.38. The highest BCUT2D eigenvalue weighted by molar-refractivity contribution is 5.45. The summed E-state index contributed by atoms with van der Waals surface area (Å²) in [6.07, 6.45) is 9.87. The molecule has 2 fully saturated rings. The van der Waals surface area contributed by atoms with Gasteiger partial charge in [-0.1, -0.05) is 0 Å². The first-order valence-electron chi connectivity index (χ1n) is 9.60. The molecule has 0 amide bonds. The number of hydrogen-bond donors (Lipinski definition) is 4. The van der Waals surface area contributed by atoms with Gasteiger partial charge in [0.1, 0.15) is 29.5 Å². The Morgan fingerprint density at radius 2 is 2.00 bits per heavy atom. The van der Waals surface area contributed by atoms with Crippen molar-refractivity contribution in [3.63, 3.8) is 0 Å². The minimum Gasteiger partial charge on any atom is -0.495 e. The number of rotatable bonds is 6. The molecule has 29 heavy (non-hydrogen) atoms. The van der Waals surface area contributed by atoms with Gasteiger partial charge in [-0.05, 0) is 19.3 Å². The number of nitrogens with zero attached hydrogens (tertiary/aromatic N) is 4. The molecule has 10 heteroatoms. The molecule has 0 radical (unpaired) electrons. The van der Waals surface area contributed by atoms with E-state index in [0.29, 0.717) is 23.7 Å². The topological polar surface area (TPSA) is 143 Å². The SMILES string of the molecule is COc1cncc(O[C@@H]2CC[C@@H](N)C2)c1C1CC(Nc2cnc(C#N)cn2)NN1. The maximum absolute atomic E-state index is 8.83. The van der Waals surface area contributed by atoms with Gasteiger partial charge in [0.2, 0.25) is 0 Å². The summed E-state index contributed by atoms with van der Waals surface area (Å²) in [5.74, 6) is 1.96. The molecule has 4 atom stereocenters. The van der Waals surface area contributed by atoms with Gasteiger partial charge in [-0.25, -0.2) is 20.8 Å². The molecule has 3 heterocycles. The van der Waals surface area contributed by atoms with Crippen LogP contribution in [-0.4, -0.2) is 40.4 Å². The number of nitriles is 1. The molecule has 2 aromatic heterocycles. The lowest BCUT2D eigenvalue weighted by molar-refractivity contribution is 0.202. The van der Waals surface area contributed by atoms with E-state index in [4.69, 9.17) is 20.5 Å². The molecule has 1 aliphatic carbocycles. The van der Waals surface area contributed by atoms with Gasteiger partial charge in [-0.2, -0.15) is 5.26 Å². The number of pyridine rings is 1. The standard InChI is InChI=1S/C19H24N8O2/c1-28-15-8-22-9-16(29-13-3-2-11(21)4-13)19(15)14-5-17(27-26-14)25-18-10-23-12(6-20)7-24-18/h7-11,13-14,17,26-27H,2-5,21H2,1H3,(H,24,25)/t11-,13-,14?,17?/m1/s1. The van der Waals surface area contributed by atoms with Gasteiger partial charge in [0.05, 0.1) is 49.7 Å². The van der Waals surface area contributed by atoms with Gasteiger partial charge in [0.15, 0.2) is 5.69 Å². The molecule has 4 rings (SSSR count). The van der Waals surface area contributed by atoms with E-state index in [2.05, 4.69) is 31.1 Å². The second kappa shape index (κ2) is 8.57. The van der Waals surface area contributed by atoms with Crippen molar-refractivity contribution >= 4 is 5.82 Å². The van der Waals surface area contributed by atoms with Gasteiger partial charge in [0.25, 0.3) is 0 Å². The van der Waals surface area contributed by atoms with Crippen molar-refractivity contribution < 1.29 is 9.47 Å². The van der Waals surface area contributed by atoms with E-state index < -0.39 is 0 Å². The monoisotopic (exact) mass is 396 g/mol. The van der Waals surface area contributed by atoms with E-state index in [1.54, 1.807) is 25.7 Å². The summed E-state index contributed by atoms with van der Waals surface area (Å²) in [5, 5.41) is 12.1. The fourth-order valence-corrected chi connectivity index (χ4v) is 3.77. The molecule has 0 aromatic carbocycles. The summed E-state index contributed by atoms with van der Waals surface area (Å²) in [6, 6.07) is 2.09. The maximum Gasteiger partial charge on any atom is 0.158 e.